The van der Waals surface area contributed by atoms with Crippen LogP contribution in [-0.4, -0.2) is 79.4 Å². The first kappa shape index (κ1) is 30.4. The fraction of sp³-hybridized carbons (Fsp3) is 0.306. The maximum absolute atomic E-state index is 13.0. The summed E-state index contributed by atoms with van der Waals surface area (Å²) in [5.41, 5.74) is 12.1. The summed E-state index contributed by atoms with van der Waals surface area (Å²) in [7, 11) is 2.16. The number of rotatable bonds is 7. The lowest BCUT2D eigenvalue weighted by molar-refractivity contribution is -0.127. The zero-order valence-corrected chi connectivity index (χ0v) is 26.5. The van der Waals surface area contributed by atoms with Crippen molar-refractivity contribution in [2.75, 3.05) is 44.3 Å². The van der Waals surface area contributed by atoms with Crippen LogP contribution in [0.3, 0.4) is 0 Å². The molecule has 5 aromatic rings. The zero-order chi connectivity index (χ0) is 32.5. The average molecular weight is 630 g/mol. The van der Waals surface area contributed by atoms with Gasteiger partial charge in [0.2, 0.25) is 5.91 Å². The second kappa shape index (κ2) is 12.8. The van der Waals surface area contributed by atoms with E-state index in [0.29, 0.717) is 36.2 Å². The Bertz CT molecular complexity index is 1920. The number of carbonyl (C=O) groups excluding carboxylic acids is 2. The standard InChI is InChI=1S/C36H39N9O2/c1-3-31(46)43-17-7-10-29(23-43)45-34-30(26-20-39-44(22-26)28-15-18-42(2)19-16-28)21-38-35(37)32(34)33(41-45)24-11-13-25(14-12-24)36(47)40-27-8-5-4-6-9-27/h3-6,8-9,11-14,20-22,28-29H,1,7,10,15-19,23H2,2H3,(H2,37,38)(H,40,47). The molecule has 0 radical (unpaired) electrons. The van der Waals surface area contributed by atoms with Crippen molar-refractivity contribution >= 4 is 34.2 Å². The number of benzene rings is 2. The fourth-order valence-electron chi connectivity index (χ4n) is 6.80. The molecule has 2 aromatic carbocycles. The number of carbonyl (C=O) groups is 2. The molecule has 1 atom stereocenters. The molecule has 11 nitrogen and oxygen atoms in total. The van der Waals surface area contributed by atoms with Crippen molar-refractivity contribution in [1.82, 2.24) is 34.3 Å². The molecule has 0 aliphatic carbocycles. The maximum atomic E-state index is 13.0. The number of piperidine rings is 2. The SMILES string of the molecule is C=CC(=O)N1CCCC(n2nc(-c3ccc(C(=O)Nc4ccccc4)cc3)c3c(N)ncc(-c4cnn(C5CCN(C)CC5)c4)c32)C1. The van der Waals surface area contributed by atoms with Crippen LogP contribution in [0.25, 0.3) is 33.3 Å². The van der Waals surface area contributed by atoms with Gasteiger partial charge in [0.1, 0.15) is 11.5 Å². The molecule has 5 heterocycles. The topological polar surface area (TPSA) is 127 Å². The smallest absolute Gasteiger partial charge is 0.255 e. The molecule has 7 rings (SSSR count). The number of aromatic nitrogens is 5. The normalized spacial score (nSPS) is 17.6. The van der Waals surface area contributed by atoms with Gasteiger partial charge in [-0.2, -0.15) is 10.2 Å². The Morgan fingerprint density at radius 2 is 1.72 bits per heavy atom. The molecule has 11 heteroatoms. The van der Waals surface area contributed by atoms with Crippen LogP contribution in [0.4, 0.5) is 11.5 Å². The minimum absolute atomic E-state index is 0.0794. The second-order valence-corrected chi connectivity index (χ2v) is 12.5. The fourth-order valence-corrected chi connectivity index (χ4v) is 6.80. The lowest BCUT2D eigenvalue weighted by Gasteiger charge is -2.32. The highest BCUT2D eigenvalue weighted by molar-refractivity contribution is 6.08. The van der Waals surface area contributed by atoms with Crippen molar-refractivity contribution in [1.29, 1.82) is 0 Å². The third kappa shape index (κ3) is 6.01. The van der Waals surface area contributed by atoms with Gasteiger partial charge in [0, 0.05) is 53.4 Å². The Balaban J connectivity index is 1.30. The average Bonchev–Trinajstić information content (AvgIpc) is 3.76. The summed E-state index contributed by atoms with van der Waals surface area (Å²) in [6, 6.07) is 17.0. The Morgan fingerprint density at radius 3 is 2.47 bits per heavy atom. The molecule has 2 aliphatic heterocycles. The molecule has 240 valence electrons. The number of fused-ring (bicyclic) bond motifs is 1. The monoisotopic (exact) mass is 629 g/mol. The zero-order valence-electron chi connectivity index (χ0n) is 26.5. The quantitative estimate of drug-likeness (QED) is 0.231. The van der Waals surface area contributed by atoms with E-state index in [1.54, 1.807) is 12.1 Å². The third-order valence-corrected chi connectivity index (χ3v) is 9.41. The highest BCUT2D eigenvalue weighted by Crippen LogP contribution is 2.40. The number of nitrogens with two attached hydrogens (primary N) is 1. The lowest BCUT2D eigenvalue weighted by atomic mass is 10.0. The van der Waals surface area contributed by atoms with Crippen LogP contribution in [0.5, 0.6) is 0 Å². The van der Waals surface area contributed by atoms with E-state index in [-0.39, 0.29) is 17.9 Å². The van der Waals surface area contributed by atoms with Gasteiger partial charge >= 0.3 is 0 Å². The van der Waals surface area contributed by atoms with Gasteiger partial charge in [-0.1, -0.05) is 36.9 Å². The molecule has 2 aliphatic rings. The van der Waals surface area contributed by atoms with Crippen LogP contribution in [0.15, 0.2) is 85.8 Å². The number of hydrogen-bond donors (Lipinski definition) is 2. The van der Waals surface area contributed by atoms with Crippen LogP contribution >= 0.6 is 0 Å². The van der Waals surface area contributed by atoms with Crippen molar-refractivity contribution in [2.24, 2.45) is 0 Å². The molecule has 0 spiro atoms. The number of nitrogens with zero attached hydrogens (tertiary/aromatic N) is 7. The third-order valence-electron chi connectivity index (χ3n) is 9.41. The number of nitrogens with one attached hydrogen (secondary N) is 1. The molecule has 2 saturated heterocycles. The highest BCUT2D eigenvalue weighted by Gasteiger charge is 2.30. The predicted octanol–water partition coefficient (Wildman–Crippen LogP) is 5.41. The van der Waals surface area contributed by atoms with E-state index in [9.17, 15) is 9.59 Å². The number of pyridine rings is 1. The summed E-state index contributed by atoms with van der Waals surface area (Å²) >= 11 is 0. The van der Waals surface area contributed by atoms with Gasteiger partial charge in [0.25, 0.3) is 5.91 Å². The molecule has 3 N–H and O–H groups in total. The maximum Gasteiger partial charge on any atom is 0.255 e. The van der Waals surface area contributed by atoms with Crippen molar-refractivity contribution < 1.29 is 9.59 Å². The Morgan fingerprint density at radius 1 is 0.957 bits per heavy atom. The molecular weight excluding hydrogens is 590 g/mol. The Kier molecular flexibility index (Phi) is 8.30. The minimum atomic E-state index is -0.197. The highest BCUT2D eigenvalue weighted by atomic mass is 16.2. The van der Waals surface area contributed by atoms with Crippen LogP contribution < -0.4 is 11.1 Å². The van der Waals surface area contributed by atoms with Gasteiger partial charge in [-0.25, -0.2) is 4.98 Å². The Hall–Kier alpha value is -5.29. The van der Waals surface area contributed by atoms with Crippen LogP contribution in [0.2, 0.25) is 0 Å². The van der Waals surface area contributed by atoms with Crippen LogP contribution in [0.1, 0.15) is 48.1 Å². The second-order valence-electron chi connectivity index (χ2n) is 12.5. The van der Waals surface area contributed by atoms with Crippen molar-refractivity contribution in [3.8, 4) is 22.4 Å². The van der Waals surface area contributed by atoms with E-state index in [2.05, 4.69) is 39.7 Å². The van der Waals surface area contributed by atoms with Gasteiger partial charge in [-0.05, 0) is 76.2 Å². The molecule has 0 bridgehead atoms. The minimum Gasteiger partial charge on any atom is -0.383 e. The first-order chi connectivity index (χ1) is 22.9. The largest absolute Gasteiger partial charge is 0.383 e. The van der Waals surface area contributed by atoms with Gasteiger partial charge in [0.15, 0.2) is 0 Å². The summed E-state index contributed by atoms with van der Waals surface area (Å²) in [4.78, 5) is 34.5. The summed E-state index contributed by atoms with van der Waals surface area (Å²) in [6.07, 6.45) is 11.0. The molecule has 47 heavy (non-hydrogen) atoms. The molecule has 2 amide bonds. The Labute approximate surface area is 273 Å². The van der Waals surface area contributed by atoms with Gasteiger partial charge < -0.3 is 20.9 Å². The first-order valence-corrected chi connectivity index (χ1v) is 16.2. The van der Waals surface area contributed by atoms with Crippen LogP contribution in [0, 0.1) is 0 Å². The summed E-state index contributed by atoms with van der Waals surface area (Å²) < 4.78 is 4.11. The van der Waals surface area contributed by atoms with Gasteiger partial charge in [0.05, 0.1) is 29.2 Å². The van der Waals surface area contributed by atoms with Gasteiger partial charge in [-0.3, -0.25) is 19.0 Å². The van der Waals surface area contributed by atoms with Crippen molar-refractivity contribution in [3.05, 3.63) is 91.4 Å². The number of amides is 2. The molecule has 0 saturated carbocycles. The first-order valence-electron chi connectivity index (χ1n) is 16.2. The number of anilines is 2. The summed E-state index contributed by atoms with van der Waals surface area (Å²) in [6.45, 7) is 6.97. The van der Waals surface area contributed by atoms with E-state index in [0.717, 1.165) is 72.1 Å². The van der Waals surface area contributed by atoms with Crippen molar-refractivity contribution in [3.63, 3.8) is 0 Å². The molecule has 3 aromatic heterocycles. The van der Waals surface area contributed by atoms with E-state index in [4.69, 9.17) is 15.9 Å². The number of para-hydroxylation sites is 1. The van der Waals surface area contributed by atoms with Crippen molar-refractivity contribution in [2.45, 2.75) is 37.8 Å². The van der Waals surface area contributed by atoms with E-state index in [1.807, 2.05) is 64.4 Å². The molecule has 1 unspecified atom stereocenters. The summed E-state index contributed by atoms with van der Waals surface area (Å²) in [5, 5.41) is 13.7. The van der Waals surface area contributed by atoms with E-state index in [1.165, 1.54) is 6.08 Å². The van der Waals surface area contributed by atoms with E-state index < -0.39 is 0 Å². The van der Waals surface area contributed by atoms with Crippen LogP contribution in [-0.2, 0) is 4.79 Å². The molecule has 2 fully saturated rings. The number of hydrogen-bond acceptors (Lipinski definition) is 7. The lowest BCUT2D eigenvalue weighted by Crippen LogP contribution is -2.40. The number of nitrogen functional groups attached to an aromatic ring is 1. The van der Waals surface area contributed by atoms with E-state index >= 15 is 0 Å². The number of likely N-dealkylation sites (tertiary alicyclic amines) is 2. The van der Waals surface area contributed by atoms with Gasteiger partial charge in [-0.15, -0.1) is 0 Å². The predicted molar refractivity (Wildman–Crippen MR) is 184 cm³/mol. The summed E-state index contributed by atoms with van der Waals surface area (Å²) in [5.74, 6) is 0.0856. The molecular formula is C36H39N9O2.